The highest BCUT2D eigenvalue weighted by molar-refractivity contribution is 7.99. The van der Waals surface area contributed by atoms with E-state index in [-0.39, 0.29) is 5.69 Å². The van der Waals surface area contributed by atoms with Crippen molar-refractivity contribution in [2.45, 2.75) is 26.0 Å². The monoisotopic (exact) mass is 284 g/mol. The van der Waals surface area contributed by atoms with Gasteiger partial charge in [-0.2, -0.15) is 11.8 Å². The lowest BCUT2D eigenvalue weighted by Gasteiger charge is -2.16. The number of aliphatic hydroxyl groups is 1. The predicted octanol–water partition coefficient (Wildman–Crippen LogP) is 2.36. The van der Waals surface area contributed by atoms with Crippen LogP contribution in [0, 0.1) is 10.1 Å². The molecule has 0 aliphatic rings. The van der Waals surface area contributed by atoms with Crippen LogP contribution in [0.25, 0.3) is 0 Å². The van der Waals surface area contributed by atoms with Crippen LogP contribution in [0.5, 0.6) is 0 Å². The molecule has 2 unspecified atom stereocenters. The average molecular weight is 284 g/mol. The minimum absolute atomic E-state index is 0.0385. The molecule has 0 saturated carbocycles. The number of aliphatic hydroxyl groups excluding tert-OH is 1. The highest BCUT2D eigenvalue weighted by atomic mass is 32.2. The van der Waals surface area contributed by atoms with Gasteiger partial charge >= 0.3 is 0 Å². The molecule has 2 atom stereocenters. The Balaban J connectivity index is 2.44. The normalized spacial score (nSPS) is 14.1. The highest BCUT2D eigenvalue weighted by Crippen LogP contribution is 2.17. The maximum absolute atomic E-state index is 10.5. The highest BCUT2D eigenvalue weighted by Gasteiger charge is 2.11. The van der Waals surface area contributed by atoms with E-state index < -0.39 is 11.0 Å². The zero-order valence-electron chi connectivity index (χ0n) is 11.2. The first kappa shape index (κ1) is 15.9. The van der Waals surface area contributed by atoms with E-state index in [0.717, 1.165) is 11.5 Å². The molecule has 106 valence electrons. The average Bonchev–Trinajstić information content (AvgIpc) is 2.42. The van der Waals surface area contributed by atoms with Crippen molar-refractivity contribution in [3.63, 3.8) is 0 Å². The number of nitro benzene ring substituents is 1. The molecule has 0 fully saturated rings. The van der Waals surface area contributed by atoms with Crippen molar-refractivity contribution in [2.75, 3.05) is 18.1 Å². The molecule has 19 heavy (non-hydrogen) atoms. The molecule has 0 bridgehead atoms. The Morgan fingerprint density at radius 1 is 1.42 bits per heavy atom. The first-order valence-electron chi connectivity index (χ1n) is 6.28. The third kappa shape index (κ3) is 5.59. The number of thioether (sulfide) groups is 1. The largest absolute Gasteiger partial charge is 0.387 e. The summed E-state index contributed by atoms with van der Waals surface area (Å²) >= 11 is 1.85. The molecule has 6 heteroatoms. The van der Waals surface area contributed by atoms with Crippen LogP contribution in [-0.4, -0.2) is 34.1 Å². The second-order valence-electron chi connectivity index (χ2n) is 4.33. The molecule has 0 aliphatic carbocycles. The van der Waals surface area contributed by atoms with Crippen LogP contribution in [0.3, 0.4) is 0 Å². The van der Waals surface area contributed by atoms with Crippen LogP contribution in [0.1, 0.15) is 25.5 Å². The number of nitrogens with zero attached hydrogens (tertiary/aromatic N) is 1. The van der Waals surface area contributed by atoms with Crippen molar-refractivity contribution in [2.24, 2.45) is 0 Å². The fraction of sp³-hybridized carbons (Fsp3) is 0.538. The lowest BCUT2D eigenvalue weighted by Crippen LogP contribution is -2.32. The van der Waals surface area contributed by atoms with Gasteiger partial charge < -0.3 is 10.4 Å². The van der Waals surface area contributed by atoms with Gasteiger partial charge in [0.15, 0.2) is 0 Å². The predicted molar refractivity (Wildman–Crippen MR) is 78.5 cm³/mol. The zero-order valence-corrected chi connectivity index (χ0v) is 12.0. The number of nitrogens with one attached hydrogen (secondary N) is 1. The Hall–Kier alpha value is -1.11. The van der Waals surface area contributed by atoms with Gasteiger partial charge in [-0.1, -0.05) is 6.92 Å². The summed E-state index contributed by atoms with van der Waals surface area (Å²) in [5.41, 5.74) is 0.727. The number of nitro groups is 1. The second kappa shape index (κ2) is 8.14. The summed E-state index contributed by atoms with van der Waals surface area (Å²) < 4.78 is 0. The van der Waals surface area contributed by atoms with Gasteiger partial charge in [0.05, 0.1) is 11.0 Å². The van der Waals surface area contributed by atoms with Gasteiger partial charge in [0.1, 0.15) is 0 Å². The van der Waals surface area contributed by atoms with Gasteiger partial charge in [0, 0.05) is 30.5 Å². The Morgan fingerprint density at radius 3 is 2.58 bits per heavy atom. The third-order valence-corrected chi connectivity index (χ3v) is 3.86. The number of rotatable bonds is 8. The molecule has 5 nitrogen and oxygen atoms in total. The number of non-ortho nitro benzene ring substituents is 1. The van der Waals surface area contributed by atoms with E-state index in [9.17, 15) is 15.2 Å². The van der Waals surface area contributed by atoms with Crippen molar-refractivity contribution in [3.8, 4) is 0 Å². The first-order chi connectivity index (χ1) is 9.04. The molecule has 1 aromatic rings. The number of hydrogen-bond acceptors (Lipinski definition) is 5. The molecular formula is C13H20N2O3S. The molecule has 0 heterocycles. The molecule has 1 aromatic carbocycles. The molecule has 0 saturated heterocycles. The van der Waals surface area contributed by atoms with Gasteiger partial charge in [-0.15, -0.1) is 0 Å². The van der Waals surface area contributed by atoms with Crippen LogP contribution in [0.4, 0.5) is 5.69 Å². The van der Waals surface area contributed by atoms with Crippen LogP contribution in [0.2, 0.25) is 0 Å². The van der Waals surface area contributed by atoms with E-state index in [1.807, 2.05) is 11.8 Å². The minimum atomic E-state index is -0.644. The Labute approximate surface area is 117 Å². The Kier molecular flexibility index (Phi) is 6.83. The topological polar surface area (TPSA) is 75.4 Å². The number of benzene rings is 1. The van der Waals surface area contributed by atoms with E-state index >= 15 is 0 Å². The molecule has 0 spiro atoms. The van der Waals surface area contributed by atoms with Crippen molar-refractivity contribution < 1.29 is 10.0 Å². The summed E-state index contributed by atoms with van der Waals surface area (Å²) in [4.78, 5) is 10.1. The van der Waals surface area contributed by atoms with Crippen molar-refractivity contribution in [1.82, 2.24) is 5.32 Å². The molecule has 0 aromatic heterocycles. The lowest BCUT2D eigenvalue weighted by atomic mass is 10.1. The van der Waals surface area contributed by atoms with E-state index in [1.54, 1.807) is 12.1 Å². The fourth-order valence-corrected chi connectivity index (χ4v) is 2.31. The van der Waals surface area contributed by atoms with Gasteiger partial charge in [-0.05, 0) is 30.4 Å². The van der Waals surface area contributed by atoms with Crippen molar-refractivity contribution in [3.05, 3.63) is 39.9 Å². The maximum Gasteiger partial charge on any atom is 0.269 e. The van der Waals surface area contributed by atoms with Crippen LogP contribution in [-0.2, 0) is 0 Å². The summed E-state index contributed by atoms with van der Waals surface area (Å²) in [5.74, 6) is 2.08. The van der Waals surface area contributed by atoms with E-state index in [4.69, 9.17) is 0 Å². The van der Waals surface area contributed by atoms with Crippen molar-refractivity contribution in [1.29, 1.82) is 0 Å². The Bertz CT molecular complexity index is 397. The SMILES string of the molecule is CCSCC(C)NCC(O)c1ccc([N+](=O)[O-])cc1. The standard InChI is InChI=1S/C13H20N2O3S/c1-3-19-9-10(2)14-8-13(16)11-4-6-12(7-5-11)15(17)18/h4-7,10,13-14,16H,3,8-9H2,1-2H3. The summed E-state index contributed by atoms with van der Waals surface area (Å²) in [5, 5.41) is 23.8. The second-order valence-corrected chi connectivity index (χ2v) is 5.65. The van der Waals surface area contributed by atoms with Gasteiger partial charge in [0.2, 0.25) is 0 Å². The summed E-state index contributed by atoms with van der Waals surface area (Å²) in [7, 11) is 0. The summed E-state index contributed by atoms with van der Waals surface area (Å²) in [6, 6.07) is 6.34. The zero-order chi connectivity index (χ0) is 14.3. The molecule has 0 amide bonds. The molecule has 0 aliphatic heterocycles. The molecule has 0 radical (unpaired) electrons. The van der Waals surface area contributed by atoms with Crippen molar-refractivity contribution >= 4 is 17.4 Å². The smallest absolute Gasteiger partial charge is 0.269 e. The lowest BCUT2D eigenvalue weighted by molar-refractivity contribution is -0.384. The van der Waals surface area contributed by atoms with E-state index in [2.05, 4.69) is 19.2 Å². The minimum Gasteiger partial charge on any atom is -0.387 e. The Morgan fingerprint density at radius 2 is 2.05 bits per heavy atom. The summed E-state index contributed by atoms with van der Waals surface area (Å²) in [6.07, 6.45) is -0.644. The fourth-order valence-electron chi connectivity index (χ4n) is 1.60. The molecular weight excluding hydrogens is 264 g/mol. The van der Waals surface area contributed by atoms with Gasteiger partial charge in [0.25, 0.3) is 5.69 Å². The number of hydrogen-bond donors (Lipinski definition) is 2. The van der Waals surface area contributed by atoms with Crippen LogP contribution < -0.4 is 5.32 Å². The van der Waals surface area contributed by atoms with Gasteiger partial charge in [-0.25, -0.2) is 0 Å². The van der Waals surface area contributed by atoms with Crippen LogP contribution in [0.15, 0.2) is 24.3 Å². The van der Waals surface area contributed by atoms with E-state index in [0.29, 0.717) is 18.2 Å². The quantitative estimate of drug-likeness (QED) is 0.566. The van der Waals surface area contributed by atoms with E-state index in [1.165, 1.54) is 12.1 Å². The van der Waals surface area contributed by atoms with Crippen LogP contribution >= 0.6 is 11.8 Å². The molecule has 1 rings (SSSR count). The molecule has 2 N–H and O–H groups in total. The maximum atomic E-state index is 10.5. The third-order valence-electron chi connectivity index (χ3n) is 2.72. The first-order valence-corrected chi connectivity index (χ1v) is 7.43. The summed E-state index contributed by atoms with van der Waals surface area (Å²) in [6.45, 7) is 4.64. The van der Waals surface area contributed by atoms with Gasteiger partial charge in [-0.3, -0.25) is 10.1 Å².